The van der Waals surface area contributed by atoms with E-state index in [0.717, 1.165) is 24.9 Å². The molecular formula is C19H20N6O2. The summed E-state index contributed by atoms with van der Waals surface area (Å²) in [5.41, 5.74) is 7.98. The van der Waals surface area contributed by atoms with E-state index in [0.29, 0.717) is 23.5 Å². The number of phenolic OH excluding ortho intramolecular Hbond substituents is 1. The third-order valence-corrected chi connectivity index (χ3v) is 4.75. The number of rotatable bonds is 3. The summed E-state index contributed by atoms with van der Waals surface area (Å²) < 4.78 is 1.62. The lowest BCUT2D eigenvalue weighted by Crippen LogP contribution is -2.37. The molecule has 3 heterocycles. The van der Waals surface area contributed by atoms with Crippen LogP contribution in [0.1, 0.15) is 18.9 Å². The van der Waals surface area contributed by atoms with Crippen molar-refractivity contribution < 1.29 is 5.11 Å². The van der Waals surface area contributed by atoms with Crippen molar-refractivity contribution in [1.29, 1.82) is 0 Å². The lowest BCUT2D eigenvalue weighted by molar-refractivity contribution is 0.364. The zero-order valence-electron chi connectivity index (χ0n) is 14.7. The van der Waals surface area contributed by atoms with Crippen molar-refractivity contribution in [3.05, 3.63) is 53.3 Å². The summed E-state index contributed by atoms with van der Waals surface area (Å²) in [7, 11) is 0. The van der Waals surface area contributed by atoms with Crippen LogP contribution in [0, 0.1) is 0 Å². The predicted molar refractivity (Wildman–Crippen MR) is 102 cm³/mol. The number of nitrogens with two attached hydrogens (primary N) is 1. The van der Waals surface area contributed by atoms with Crippen molar-refractivity contribution in [3.8, 4) is 28.3 Å². The Morgan fingerprint density at radius 3 is 2.89 bits per heavy atom. The molecule has 1 saturated heterocycles. The maximum Gasteiger partial charge on any atom is 0.293 e. The van der Waals surface area contributed by atoms with E-state index in [4.69, 9.17) is 5.73 Å². The Morgan fingerprint density at radius 1 is 1.26 bits per heavy atom. The van der Waals surface area contributed by atoms with Crippen LogP contribution in [0.3, 0.4) is 0 Å². The topological polar surface area (TPSA) is 119 Å². The van der Waals surface area contributed by atoms with Crippen molar-refractivity contribution in [2.24, 2.45) is 0 Å². The smallest absolute Gasteiger partial charge is 0.293 e. The van der Waals surface area contributed by atoms with Gasteiger partial charge in [-0.05, 0) is 37.6 Å². The van der Waals surface area contributed by atoms with Crippen molar-refractivity contribution in [2.75, 3.05) is 18.8 Å². The predicted octanol–water partition coefficient (Wildman–Crippen LogP) is 1.58. The fourth-order valence-corrected chi connectivity index (χ4v) is 3.35. The standard InChI is InChI=1S/C19H20N6O2/c20-18-19(27)25(13-2-1-5-21-9-13)11-16(24-18)14-8-12(3-4-17(14)26)15-10-22-6-7-23-15/h3-4,6-8,10-11,13,21,26H,1-2,5,9H2,(H2,20,24). The molecule has 1 aliphatic rings. The van der Waals surface area contributed by atoms with Crippen molar-refractivity contribution in [2.45, 2.75) is 18.9 Å². The second kappa shape index (κ2) is 7.16. The molecule has 1 fully saturated rings. The number of benzene rings is 1. The van der Waals surface area contributed by atoms with E-state index in [2.05, 4.69) is 20.3 Å². The summed E-state index contributed by atoms with van der Waals surface area (Å²) in [5, 5.41) is 13.7. The van der Waals surface area contributed by atoms with Crippen LogP contribution >= 0.6 is 0 Å². The molecule has 0 amide bonds. The molecule has 4 N–H and O–H groups in total. The molecule has 2 aromatic heterocycles. The van der Waals surface area contributed by atoms with Gasteiger partial charge in [-0.3, -0.25) is 14.8 Å². The van der Waals surface area contributed by atoms with E-state index in [1.165, 1.54) is 0 Å². The fourth-order valence-electron chi connectivity index (χ4n) is 3.35. The van der Waals surface area contributed by atoms with Gasteiger partial charge in [0.2, 0.25) is 0 Å². The van der Waals surface area contributed by atoms with Crippen LogP contribution in [0.2, 0.25) is 0 Å². The van der Waals surface area contributed by atoms with Crippen molar-refractivity contribution in [1.82, 2.24) is 24.8 Å². The van der Waals surface area contributed by atoms with Crippen molar-refractivity contribution in [3.63, 3.8) is 0 Å². The highest BCUT2D eigenvalue weighted by Crippen LogP contribution is 2.32. The Labute approximate surface area is 155 Å². The third kappa shape index (κ3) is 3.39. The minimum Gasteiger partial charge on any atom is -0.507 e. The monoisotopic (exact) mass is 364 g/mol. The second-order valence-electron chi connectivity index (χ2n) is 6.55. The van der Waals surface area contributed by atoms with Crippen LogP contribution in [0.25, 0.3) is 22.5 Å². The van der Waals surface area contributed by atoms with E-state index in [1.807, 2.05) is 0 Å². The first kappa shape index (κ1) is 17.2. The maximum atomic E-state index is 12.5. The number of aromatic hydroxyl groups is 1. The summed E-state index contributed by atoms with van der Waals surface area (Å²) >= 11 is 0. The number of phenols is 1. The molecule has 1 unspecified atom stereocenters. The Bertz CT molecular complexity index is 1010. The molecular weight excluding hydrogens is 344 g/mol. The van der Waals surface area contributed by atoms with Gasteiger partial charge in [0.05, 0.1) is 17.6 Å². The Morgan fingerprint density at radius 2 is 2.15 bits per heavy atom. The molecule has 0 saturated carbocycles. The highest BCUT2D eigenvalue weighted by atomic mass is 16.3. The number of hydrogen-bond acceptors (Lipinski definition) is 7. The Balaban J connectivity index is 1.81. The van der Waals surface area contributed by atoms with Crippen LogP contribution in [0.15, 0.2) is 47.8 Å². The summed E-state index contributed by atoms with van der Waals surface area (Å²) in [6.07, 6.45) is 8.40. The van der Waals surface area contributed by atoms with Gasteiger partial charge in [-0.25, -0.2) is 4.98 Å². The van der Waals surface area contributed by atoms with E-state index < -0.39 is 0 Å². The zero-order valence-corrected chi connectivity index (χ0v) is 14.7. The molecule has 0 aliphatic carbocycles. The van der Waals surface area contributed by atoms with Gasteiger partial charge in [-0.1, -0.05) is 0 Å². The first-order valence-electron chi connectivity index (χ1n) is 8.82. The minimum atomic E-state index is -0.308. The van der Waals surface area contributed by atoms with Gasteiger partial charge in [-0.2, -0.15) is 0 Å². The van der Waals surface area contributed by atoms with Gasteiger partial charge < -0.3 is 20.7 Å². The van der Waals surface area contributed by atoms with Crippen LogP contribution in [0.4, 0.5) is 5.82 Å². The molecule has 138 valence electrons. The molecule has 1 atom stereocenters. The van der Waals surface area contributed by atoms with Gasteiger partial charge in [0.15, 0.2) is 5.82 Å². The fraction of sp³-hybridized carbons (Fsp3) is 0.263. The highest BCUT2D eigenvalue weighted by molar-refractivity contribution is 5.74. The summed E-state index contributed by atoms with van der Waals surface area (Å²) in [4.78, 5) is 25.1. The molecule has 0 radical (unpaired) electrons. The first-order valence-corrected chi connectivity index (χ1v) is 8.82. The normalized spacial score (nSPS) is 17.0. The highest BCUT2D eigenvalue weighted by Gasteiger charge is 2.20. The lowest BCUT2D eigenvalue weighted by Gasteiger charge is -2.25. The van der Waals surface area contributed by atoms with Gasteiger partial charge in [-0.15, -0.1) is 0 Å². The number of nitrogens with one attached hydrogen (secondary N) is 1. The van der Waals surface area contributed by atoms with E-state index in [-0.39, 0.29) is 23.2 Å². The summed E-state index contributed by atoms with van der Waals surface area (Å²) in [6, 6.07) is 5.12. The zero-order chi connectivity index (χ0) is 18.8. The summed E-state index contributed by atoms with van der Waals surface area (Å²) in [5.74, 6) is -0.0242. The Hall–Kier alpha value is -3.26. The average Bonchev–Trinajstić information content (AvgIpc) is 2.72. The van der Waals surface area contributed by atoms with Crippen LogP contribution in [-0.4, -0.2) is 37.7 Å². The number of anilines is 1. The molecule has 1 aromatic carbocycles. The number of nitrogens with zero attached hydrogens (tertiary/aromatic N) is 4. The number of nitrogen functional groups attached to an aromatic ring is 1. The largest absolute Gasteiger partial charge is 0.507 e. The van der Waals surface area contributed by atoms with E-state index in [1.54, 1.807) is 47.6 Å². The van der Waals surface area contributed by atoms with Crippen molar-refractivity contribution >= 4 is 5.82 Å². The van der Waals surface area contributed by atoms with Gasteiger partial charge in [0.25, 0.3) is 5.56 Å². The molecule has 8 nitrogen and oxygen atoms in total. The van der Waals surface area contributed by atoms with Crippen LogP contribution < -0.4 is 16.6 Å². The molecule has 4 rings (SSSR count). The molecule has 27 heavy (non-hydrogen) atoms. The molecule has 8 heteroatoms. The second-order valence-corrected chi connectivity index (χ2v) is 6.55. The van der Waals surface area contributed by atoms with E-state index in [9.17, 15) is 9.90 Å². The third-order valence-electron chi connectivity index (χ3n) is 4.75. The first-order chi connectivity index (χ1) is 13.1. The number of hydrogen-bond donors (Lipinski definition) is 3. The lowest BCUT2D eigenvalue weighted by atomic mass is 10.0. The summed E-state index contributed by atoms with van der Waals surface area (Å²) in [6.45, 7) is 1.65. The molecule has 0 bridgehead atoms. The maximum absolute atomic E-state index is 12.5. The van der Waals surface area contributed by atoms with Crippen LogP contribution in [-0.2, 0) is 0 Å². The Kier molecular flexibility index (Phi) is 4.55. The minimum absolute atomic E-state index is 0.0145. The van der Waals surface area contributed by atoms with Gasteiger partial charge >= 0.3 is 0 Å². The molecule has 0 spiro atoms. The number of aromatic nitrogens is 4. The van der Waals surface area contributed by atoms with Gasteiger partial charge in [0, 0.05) is 42.3 Å². The van der Waals surface area contributed by atoms with E-state index >= 15 is 0 Å². The van der Waals surface area contributed by atoms with Crippen LogP contribution in [0.5, 0.6) is 5.75 Å². The van der Waals surface area contributed by atoms with Gasteiger partial charge in [0.1, 0.15) is 5.75 Å². The quantitative estimate of drug-likeness (QED) is 0.645. The number of piperidine rings is 1. The molecule has 1 aliphatic heterocycles. The average molecular weight is 364 g/mol. The SMILES string of the molecule is Nc1nc(-c2cc(-c3cnccn3)ccc2O)cn(C2CCCNC2)c1=O. The molecule has 3 aromatic rings.